The Morgan fingerprint density at radius 2 is 1.21 bits per heavy atom. The summed E-state index contributed by atoms with van der Waals surface area (Å²) in [4.78, 5) is 5.51. The number of nitrogens with zero attached hydrogens (tertiary/aromatic N) is 2. The molecule has 6 aromatic carbocycles. The minimum atomic E-state index is -0.0696. The molecule has 2 unspecified atom stereocenters. The molecule has 4 aliphatic rings. The molecule has 0 radical (unpaired) electrons. The fourth-order valence-electron chi connectivity index (χ4n) is 11.5. The number of fused-ring (bicyclic) bond motifs is 13. The molecule has 0 bridgehead atoms. The summed E-state index contributed by atoms with van der Waals surface area (Å²) in [6.45, 7) is 19.4. The fourth-order valence-corrected chi connectivity index (χ4v) is 11.5. The molecular formula is C52H49BN2O2. The van der Waals surface area contributed by atoms with Crippen LogP contribution in [-0.2, 0) is 16.2 Å². The molecule has 1 saturated carbocycles. The van der Waals surface area contributed by atoms with Gasteiger partial charge in [-0.1, -0.05) is 116 Å². The van der Waals surface area contributed by atoms with E-state index in [1.807, 2.05) is 0 Å². The van der Waals surface area contributed by atoms with Gasteiger partial charge in [0.05, 0.1) is 5.54 Å². The van der Waals surface area contributed by atoms with E-state index < -0.39 is 0 Å². The van der Waals surface area contributed by atoms with E-state index in [0.29, 0.717) is 0 Å². The van der Waals surface area contributed by atoms with Crippen molar-refractivity contribution in [2.75, 3.05) is 9.71 Å². The molecule has 0 spiro atoms. The molecule has 2 atom stereocenters. The van der Waals surface area contributed by atoms with Crippen LogP contribution in [0.2, 0.25) is 0 Å². The first-order valence-corrected chi connectivity index (χ1v) is 21.1. The van der Waals surface area contributed by atoms with Crippen LogP contribution in [0.3, 0.4) is 0 Å². The number of furan rings is 2. The molecular weight excluding hydrogens is 695 g/mol. The summed E-state index contributed by atoms with van der Waals surface area (Å²) in [6.07, 6.45) is 4.88. The number of anilines is 4. The van der Waals surface area contributed by atoms with Crippen LogP contribution in [0.5, 0.6) is 0 Å². The van der Waals surface area contributed by atoms with E-state index in [9.17, 15) is 0 Å². The zero-order chi connectivity index (χ0) is 39.0. The SMILES string of the molecule is CC(C)(C)c1cc2c3c(c1)N1c4c(cc(C(C)(C)C)cc4C4(C)CCCCC14C)B3N(c1ccc3c(c1)oc1ccccc13)c1cc3oc4ccccc4c3cc1-2. The van der Waals surface area contributed by atoms with E-state index >= 15 is 0 Å². The number of benzene rings is 6. The maximum Gasteiger partial charge on any atom is 0.333 e. The van der Waals surface area contributed by atoms with Gasteiger partial charge in [-0.3, -0.25) is 0 Å². The molecule has 1 fully saturated rings. The summed E-state index contributed by atoms with van der Waals surface area (Å²) in [5, 5.41) is 4.61. The quantitative estimate of drug-likeness (QED) is 0.157. The first-order valence-electron chi connectivity index (χ1n) is 21.1. The highest BCUT2D eigenvalue weighted by Gasteiger charge is 2.62. The monoisotopic (exact) mass is 744 g/mol. The van der Waals surface area contributed by atoms with E-state index in [1.165, 1.54) is 81.5 Å². The predicted octanol–water partition coefficient (Wildman–Crippen LogP) is 13.1. The van der Waals surface area contributed by atoms with Crippen molar-refractivity contribution in [1.82, 2.24) is 0 Å². The Hall–Kier alpha value is -5.42. The maximum absolute atomic E-state index is 6.70. The van der Waals surface area contributed by atoms with Crippen molar-refractivity contribution in [3.63, 3.8) is 0 Å². The van der Waals surface area contributed by atoms with Crippen LogP contribution in [0, 0.1) is 0 Å². The van der Waals surface area contributed by atoms with Crippen molar-refractivity contribution in [2.45, 2.75) is 103 Å². The van der Waals surface area contributed by atoms with Gasteiger partial charge in [0.15, 0.2) is 0 Å². The second-order valence-corrected chi connectivity index (χ2v) is 20.1. The Kier molecular flexibility index (Phi) is 6.35. The predicted molar refractivity (Wildman–Crippen MR) is 240 cm³/mol. The highest BCUT2D eigenvalue weighted by atomic mass is 16.3. The van der Waals surface area contributed by atoms with Crippen LogP contribution in [-0.4, -0.2) is 12.4 Å². The third-order valence-corrected chi connectivity index (χ3v) is 14.9. The van der Waals surface area contributed by atoms with Gasteiger partial charge in [-0.05, 0) is 100 Å². The lowest BCUT2D eigenvalue weighted by Gasteiger charge is -2.53. The van der Waals surface area contributed by atoms with Gasteiger partial charge in [0.25, 0.3) is 0 Å². The van der Waals surface area contributed by atoms with Gasteiger partial charge >= 0.3 is 6.85 Å². The Morgan fingerprint density at radius 3 is 1.93 bits per heavy atom. The Labute approximate surface area is 335 Å². The van der Waals surface area contributed by atoms with Crippen LogP contribution in [0.25, 0.3) is 55.0 Å². The lowest BCUT2D eigenvalue weighted by atomic mass is 9.43. The molecule has 0 saturated heterocycles. The number of hydrogen-bond acceptors (Lipinski definition) is 4. The van der Waals surface area contributed by atoms with Gasteiger partial charge in [0, 0.05) is 67.4 Å². The van der Waals surface area contributed by atoms with E-state index in [-0.39, 0.29) is 28.6 Å². The Balaban J connectivity index is 1.25. The molecule has 5 heteroatoms. The highest BCUT2D eigenvalue weighted by molar-refractivity contribution is 6.93. The van der Waals surface area contributed by atoms with Crippen molar-refractivity contribution in [3.8, 4) is 11.1 Å². The highest BCUT2D eigenvalue weighted by Crippen LogP contribution is 2.63. The molecule has 3 aliphatic heterocycles. The molecule has 0 N–H and O–H groups in total. The zero-order valence-corrected chi connectivity index (χ0v) is 34.4. The molecule has 5 heterocycles. The Bertz CT molecular complexity index is 3060. The molecule has 282 valence electrons. The van der Waals surface area contributed by atoms with Crippen LogP contribution in [0.4, 0.5) is 22.7 Å². The summed E-state index contributed by atoms with van der Waals surface area (Å²) < 4.78 is 13.3. The summed E-state index contributed by atoms with van der Waals surface area (Å²) in [5.41, 5.74) is 18.4. The van der Waals surface area contributed by atoms with E-state index in [4.69, 9.17) is 8.83 Å². The average Bonchev–Trinajstić information content (AvgIpc) is 3.80. The fraction of sp³-hybridized carbons (Fsp3) is 0.308. The minimum Gasteiger partial charge on any atom is -0.456 e. The first-order chi connectivity index (χ1) is 27.2. The Morgan fingerprint density at radius 1 is 0.579 bits per heavy atom. The number of hydrogen-bond donors (Lipinski definition) is 0. The molecule has 57 heavy (non-hydrogen) atoms. The topological polar surface area (TPSA) is 32.8 Å². The smallest absolute Gasteiger partial charge is 0.333 e. The van der Waals surface area contributed by atoms with Crippen molar-refractivity contribution in [3.05, 3.63) is 120 Å². The van der Waals surface area contributed by atoms with Gasteiger partial charge < -0.3 is 18.5 Å². The second-order valence-electron chi connectivity index (χ2n) is 20.1. The van der Waals surface area contributed by atoms with Crippen LogP contribution < -0.4 is 20.6 Å². The van der Waals surface area contributed by atoms with Gasteiger partial charge in [0.1, 0.15) is 22.3 Å². The molecule has 2 aromatic heterocycles. The molecule has 12 rings (SSSR count). The average molecular weight is 745 g/mol. The number of rotatable bonds is 1. The lowest BCUT2D eigenvalue weighted by Crippen LogP contribution is -2.64. The van der Waals surface area contributed by atoms with Crippen LogP contribution in [0.15, 0.2) is 112 Å². The van der Waals surface area contributed by atoms with E-state index in [0.717, 1.165) is 49.6 Å². The zero-order valence-electron chi connectivity index (χ0n) is 34.4. The van der Waals surface area contributed by atoms with Gasteiger partial charge in [0.2, 0.25) is 0 Å². The normalized spacial score (nSPS) is 21.1. The summed E-state index contributed by atoms with van der Waals surface area (Å²) in [5.74, 6) is 0. The summed E-state index contributed by atoms with van der Waals surface area (Å²) in [7, 11) is 0. The minimum absolute atomic E-state index is 0.0122. The first kappa shape index (κ1) is 33.7. The van der Waals surface area contributed by atoms with Crippen LogP contribution in [0.1, 0.15) is 97.8 Å². The lowest BCUT2D eigenvalue weighted by molar-refractivity contribution is 0.195. The third kappa shape index (κ3) is 4.25. The van der Waals surface area contributed by atoms with Crippen LogP contribution >= 0.6 is 0 Å². The largest absolute Gasteiger partial charge is 0.456 e. The van der Waals surface area contributed by atoms with Crippen molar-refractivity contribution < 1.29 is 8.83 Å². The van der Waals surface area contributed by atoms with E-state index in [1.54, 1.807) is 0 Å². The van der Waals surface area contributed by atoms with Gasteiger partial charge in [-0.25, -0.2) is 0 Å². The number of para-hydroxylation sites is 2. The summed E-state index contributed by atoms with van der Waals surface area (Å²) in [6, 6.07) is 38.9. The van der Waals surface area contributed by atoms with E-state index in [2.05, 4.69) is 168 Å². The maximum atomic E-state index is 6.70. The standard InChI is InChI=1S/C52H49BN2O2/c1-49(2,3)30-23-38-36-28-37-34-16-10-12-18-44(34)57-46(37)29-41(36)55(32-19-20-35-33-15-9-11-17-43(33)56-45(35)27-32)53-40-25-31(50(4,5)6)24-39-48(40)54(42(26-30)47(38)53)52(8)22-14-13-21-51(39,52)7/h9-12,15-20,23-29H,13-14,21-22H2,1-8H3. The molecule has 4 nitrogen and oxygen atoms in total. The van der Waals surface area contributed by atoms with Crippen molar-refractivity contribution >= 4 is 84.4 Å². The summed E-state index contributed by atoms with van der Waals surface area (Å²) >= 11 is 0. The van der Waals surface area contributed by atoms with Crippen molar-refractivity contribution in [1.29, 1.82) is 0 Å². The van der Waals surface area contributed by atoms with Crippen molar-refractivity contribution in [2.24, 2.45) is 0 Å². The third-order valence-electron chi connectivity index (χ3n) is 14.9. The second kappa shape index (κ2) is 10.7. The molecule has 8 aromatic rings. The molecule has 1 aliphatic carbocycles. The van der Waals surface area contributed by atoms with Gasteiger partial charge in [-0.15, -0.1) is 0 Å². The van der Waals surface area contributed by atoms with Gasteiger partial charge in [-0.2, -0.15) is 0 Å². The molecule has 0 amide bonds.